The quantitative estimate of drug-likeness (QED) is 0.666. The molecule has 102 valence electrons. The lowest BCUT2D eigenvalue weighted by atomic mass is 9.97. The highest BCUT2D eigenvalue weighted by Crippen LogP contribution is 2.36. The van der Waals surface area contributed by atoms with Gasteiger partial charge in [-0.1, -0.05) is 19.9 Å². The van der Waals surface area contributed by atoms with E-state index in [4.69, 9.17) is 0 Å². The van der Waals surface area contributed by atoms with Gasteiger partial charge in [0.05, 0.1) is 5.39 Å². The van der Waals surface area contributed by atoms with Crippen LogP contribution in [0.2, 0.25) is 0 Å². The lowest BCUT2D eigenvalue weighted by molar-refractivity contribution is 0.466. The molecule has 2 aromatic carbocycles. The monoisotopic (exact) mass is 286 g/mol. The average molecular weight is 286 g/mol. The number of hydrogen-bond donors (Lipinski definition) is 2. The molecule has 0 unspecified atom stereocenters. The minimum atomic E-state index is -0.216. The summed E-state index contributed by atoms with van der Waals surface area (Å²) < 4.78 is 1.58. The predicted molar refractivity (Wildman–Crippen MR) is 83.0 cm³/mol. The third-order valence-corrected chi connectivity index (χ3v) is 4.56. The maximum atomic E-state index is 12.7. The molecule has 3 nitrogen and oxygen atoms in total. The van der Waals surface area contributed by atoms with Crippen molar-refractivity contribution in [1.82, 2.24) is 0 Å². The Balaban J connectivity index is 2.63. The first-order valence-corrected chi connectivity index (χ1v) is 7.22. The first-order valence-electron chi connectivity index (χ1n) is 6.41. The highest BCUT2D eigenvalue weighted by molar-refractivity contribution is 7.24. The van der Waals surface area contributed by atoms with Gasteiger partial charge in [0.2, 0.25) is 0 Å². The van der Waals surface area contributed by atoms with E-state index in [0.717, 1.165) is 9.40 Å². The van der Waals surface area contributed by atoms with Gasteiger partial charge in [0, 0.05) is 20.3 Å². The van der Waals surface area contributed by atoms with Gasteiger partial charge in [-0.15, -0.1) is 11.3 Å². The van der Waals surface area contributed by atoms with Gasteiger partial charge in [-0.2, -0.15) is 0 Å². The molecule has 3 rings (SSSR count). The molecule has 0 bridgehead atoms. The lowest BCUT2D eigenvalue weighted by Gasteiger charge is -2.12. The molecular weight excluding hydrogens is 272 g/mol. The molecule has 0 saturated heterocycles. The zero-order chi connectivity index (χ0) is 14.4. The smallest absolute Gasteiger partial charge is 0.200 e. The van der Waals surface area contributed by atoms with Crippen molar-refractivity contribution in [1.29, 1.82) is 0 Å². The number of rotatable bonds is 1. The fourth-order valence-corrected chi connectivity index (χ4v) is 3.69. The van der Waals surface area contributed by atoms with Crippen LogP contribution < -0.4 is 5.43 Å². The predicted octanol–water partition coefficient (Wildman–Crippen LogP) is 3.95. The van der Waals surface area contributed by atoms with Crippen molar-refractivity contribution in [2.45, 2.75) is 19.8 Å². The molecule has 0 aliphatic rings. The van der Waals surface area contributed by atoms with Gasteiger partial charge in [0.15, 0.2) is 5.43 Å². The Hall–Kier alpha value is -2.07. The number of benzene rings is 2. The fourth-order valence-electron chi connectivity index (χ4n) is 2.57. The Labute approximate surface area is 119 Å². The van der Waals surface area contributed by atoms with Crippen molar-refractivity contribution >= 4 is 31.5 Å². The van der Waals surface area contributed by atoms with E-state index >= 15 is 0 Å². The van der Waals surface area contributed by atoms with Crippen LogP contribution in [0.4, 0.5) is 0 Å². The van der Waals surface area contributed by atoms with Crippen LogP contribution in [0.1, 0.15) is 25.3 Å². The Morgan fingerprint density at radius 2 is 1.65 bits per heavy atom. The summed E-state index contributed by atoms with van der Waals surface area (Å²) in [7, 11) is 0. The molecule has 0 saturated carbocycles. The first kappa shape index (κ1) is 12.9. The van der Waals surface area contributed by atoms with E-state index in [2.05, 4.69) is 0 Å². The van der Waals surface area contributed by atoms with Gasteiger partial charge in [0.1, 0.15) is 11.5 Å². The summed E-state index contributed by atoms with van der Waals surface area (Å²) in [6, 6.07) is 8.44. The van der Waals surface area contributed by atoms with E-state index in [-0.39, 0.29) is 22.8 Å². The maximum absolute atomic E-state index is 12.7. The number of hydrogen-bond acceptors (Lipinski definition) is 4. The third kappa shape index (κ3) is 1.76. The van der Waals surface area contributed by atoms with E-state index in [1.807, 2.05) is 19.9 Å². The minimum Gasteiger partial charge on any atom is -0.508 e. The normalized spacial score (nSPS) is 11.6. The molecule has 3 aromatic rings. The van der Waals surface area contributed by atoms with Gasteiger partial charge in [-0.3, -0.25) is 4.79 Å². The largest absolute Gasteiger partial charge is 0.508 e. The molecule has 0 aliphatic heterocycles. The minimum absolute atomic E-state index is 0.0105. The van der Waals surface area contributed by atoms with Crippen LogP contribution >= 0.6 is 11.3 Å². The van der Waals surface area contributed by atoms with Crippen LogP contribution in [0.25, 0.3) is 20.2 Å². The van der Waals surface area contributed by atoms with Gasteiger partial charge in [-0.25, -0.2) is 0 Å². The second-order valence-electron chi connectivity index (χ2n) is 5.11. The molecule has 0 amide bonds. The summed E-state index contributed by atoms with van der Waals surface area (Å²) in [5.41, 5.74) is 0.431. The zero-order valence-electron chi connectivity index (χ0n) is 11.2. The summed E-state index contributed by atoms with van der Waals surface area (Å²) in [6.07, 6.45) is 0. The van der Waals surface area contributed by atoms with Crippen molar-refractivity contribution in [3.63, 3.8) is 0 Å². The number of fused-ring (bicyclic) bond motifs is 2. The molecule has 20 heavy (non-hydrogen) atoms. The van der Waals surface area contributed by atoms with Crippen LogP contribution in [-0.4, -0.2) is 10.2 Å². The van der Waals surface area contributed by atoms with Crippen molar-refractivity contribution in [2.24, 2.45) is 0 Å². The average Bonchev–Trinajstić information content (AvgIpc) is 2.39. The van der Waals surface area contributed by atoms with Crippen molar-refractivity contribution in [3.8, 4) is 11.5 Å². The van der Waals surface area contributed by atoms with Crippen LogP contribution in [-0.2, 0) is 0 Å². The highest BCUT2D eigenvalue weighted by atomic mass is 32.1. The van der Waals surface area contributed by atoms with Crippen LogP contribution in [0, 0.1) is 0 Å². The Morgan fingerprint density at radius 1 is 0.950 bits per heavy atom. The number of aromatic hydroxyl groups is 2. The molecule has 2 N–H and O–H groups in total. The summed E-state index contributed by atoms with van der Waals surface area (Å²) in [5, 5.41) is 20.8. The van der Waals surface area contributed by atoms with E-state index in [9.17, 15) is 15.0 Å². The van der Waals surface area contributed by atoms with Crippen molar-refractivity contribution < 1.29 is 10.2 Å². The molecular formula is C16H14O3S. The topological polar surface area (TPSA) is 57.5 Å². The maximum Gasteiger partial charge on any atom is 0.200 e. The second-order valence-corrected chi connectivity index (χ2v) is 6.19. The fraction of sp³-hybridized carbons (Fsp3) is 0.188. The third-order valence-electron chi connectivity index (χ3n) is 3.44. The molecule has 0 spiro atoms. The standard InChI is InChI=1S/C16H14O3S/c1-8(2)13-10(18)6-7-12-15(13)16(19)14-9(17)4-3-5-11(14)20-12/h3-8,17-18H,1-2H3. The van der Waals surface area contributed by atoms with E-state index in [1.165, 1.54) is 17.4 Å². The second kappa shape index (κ2) is 4.49. The van der Waals surface area contributed by atoms with Crippen LogP contribution in [0.5, 0.6) is 11.5 Å². The highest BCUT2D eigenvalue weighted by Gasteiger charge is 2.17. The van der Waals surface area contributed by atoms with Crippen LogP contribution in [0.3, 0.4) is 0 Å². The molecule has 0 fully saturated rings. The lowest BCUT2D eigenvalue weighted by Crippen LogP contribution is -2.05. The van der Waals surface area contributed by atoms with E-state index in [1.54, 1.807) is 18.2 Å². The van der Waals surface area contributed by atoms with Gasteiger partial charge in [0.25, 0.3) is 0 Å². The summed E-state index contributed by atoms with van der Waals surface area (Å²) in [4.78, 5) is 12.7. The van der Waals surface area contributed by atoms with Crippen molar-refractivity contribution in [2.75, 3.05) is 0 Å². The number of phenolic OH excluding ortho intramolecular Hbond substituents is 2. The van der Waals surface area contributed by atoms with Gasteiger partial charge in [-0.05, 0) is 30.2 Å². The zero-order valence-corrected chi connectivity index (χ0v) is 12.0. The molecule has 0 radical (unpaired) electrons. The van der Waals surface area contributed by atoms with Crippen molar-refractivity contribution in [3.05, 3.63) is 46.1 Å². The Bertz CT molecular complexity index is 878. The molecule has 0 atom stereocenters. The van der Waals surface area contributed by atoms with E-state index < -0.39 is 0 Å². The Morgan fingerprint density at radius 3 is 2.35 bits per heavy atom. The molecule has 0 aliphatic carbocycles. The summed E-state index contributed by atoms with van der Waals surface area (Å²) in [5.74, 6) is 0.150. The van der Waals surface area contributed by atoms with E-state index in [0.29, 0.717) is 16.3 Å². The Kier molecular flexibility index (Phi) is 2.91. The SMILES string of the molecule is CC(C)c1c(O)ccc2sc3cccc(O)c3c(=O)c12. The molecule has 4 heteroatoms. The summed E-state index contributed by atoms with van der Waals surface area (Å²) in [6.45, 7) is 3.88. The first-order chi connectivity index (χ1) is 9.50. The summed E-state index contributed by atoms with van der Waals surface area (Å²) >= 11 is 1.45. The molecule has 1 aromatic heterocycles. The molecule has 1 heterocycles. The number of phenols is 2. The van der Waals surface area contributed by atoms with Crippen LogP contribution in [0.15, 0.2) is 35.1 Å². The van der Waals surface area contributed by atoms with Gasteiger partial charge >= 0.3 is 0 Å². The van der Waals surface area contributed by atoms with Gasteiger partial charge < -0.3 is 10.2 Å².